The Morgan fingerprint density at radius 1 is 0.329 bits per heavy atom. The van der Waals surface area contributed by atoms with Crippen LogP contribution in [0.5, 0.6) is 46.0 Å². The van der Waals surface area contributed by atoms with Gasteiger partial charge in [0.2, 0.25) is 11.5 Å². The third-order valence-corrected chi connectivity index (χ3v) is 9.78. The van der Waals surface area contributed by atoms with Gasteiger partial charge >= 0.3 is 29.8 Å². The molecule has 22 nitrogen and oxygen atoms in total. The van der Waals surface area contributed by atoms with E-state index in [-0.39, 0.29) is 145 Å². The Morgan fingerprint density at radius 2 is 0.646 bits per heavy atom. The highest BCUT2D eigenvalue weighted by Gasteiger charge is 2.21. The average Bonchev–Trinajstić information content (AvgIpc) is 3.58. The van der Waals surface area contributed by atoms with Crippen molar-refractivity contribution < 1.29 is 105 Å². The maximum Gasteiger partial charge on any atom is 0.336 e. The maximum absolute atomic E-state index is 13.2. The highest BCUT2D eigenvalue weighted by atomic mass is 17.2. The fraction of sp³-hybridized carbons (Fsp3) is 0.250. The molecule has 22 heteroatoms. The second-order valence-electron chi connectivity index (χ2n) is 15.6. The molecule has 436 valence electrons. The van der Waals surface area contributed by atoms with E-state index in [0.29, 0.717) is 11.1 Å². The Bertz CT molecular complexity index is 2780. The van der Waals surface area contributed by atoms with Crippen molar-refractivity contribution in [1.82, 2.24) is 0 Å². The number of benzene rings is 4. The largest absolute Gasteiger partial charge is 0.487 e. The molecule has 0 N–H and O–H groups in total. The van der Waals surface area contributed by atoms with E-state index in [1.807, 2.05) is 0 Å². The molecule has 0 radical (unpaired) electrons. The summed E-state index contributed by atoms with van der Waals surface area (Å²) in [6.07, 6.45) is 12.9. The van der Waals surface area contributed by atoms with Crippen LogP contribution in [-0.4, -0.2) is 129 Å². The lowest BCUT2D eigenvalue weighted by atomic mass is 10.1. The van der Waals surface area contributed by atoms with E-state index in [0.717, 1.165) is 29.4 Å². The summed E-state index contributed by atoms with van der Waals surface area (Å²) >= 11 is 0. The Kier molecular flexibility index (Phi) is 31.1. The topological polar surface area (TPSA) is 242 Å². The zero-order valence-corrected chi connectivity index (χ0v) is 45.0. The van der Waals surface area contributed by atoms with Crippen LogP contribution in [0, 0.1) is 0 Å². The van der Waals surface area contributed by atoms with Gasteiger partial charge < -0.3 is 52.1 Å². The van der Waals surface area contributed by atoms with Gasteiger partial charge in [0.25, 0.3) is 0 Å². The minimum Gasteiger partial charge on any atom is -0.487 e. The van der Waals surface area contributed by atoms with Gasteiger partial charge in [0, 0.05) is 41.5 Å². The predicted molar refractivity (Wildman–Crippen MR) is 297 cm³/mol. The predicted octanol–water partition coefficient (Wildman–Crippen LogP) is 8.45. The van der Waals surface area contributed by atoms with Crippen LogP contribution in [0.25, 0.3) is 23.3 Å². The van der Waals surface area contributed by atoms with Gasteiger partial charge in [-0.15, -0.1) is 19.7 Å². The third kappa shape index (κ3) is 24.8. The van der Waals surface area contributed by atoms with E-state index < -0.39 is 29.8 Å². The molecule has 0 saturated carbocycles. The fourth-order valence-electron chi connectivity index (χ4n) is 6.28. The van der Waals surface area contributed by atoms with Crippen LogP contribution in [-0.2, 0) is 67.5 Å². The summed E-state index contributed by atoms with van der Waals surface area (Å²) in [7, 11) is 0. The first kappa shape index (κ1) is 65.2. The van der Waals surface area contributed by atoms with Crippen LogP contribution in [0.15, 0.2) is 161 Å². The number of carbonyl (C=O) groups excluding carboxylic acids is 5. The molecule has 0 bridgehead atoms. The van der Waals surface area contributed by atoms with Gasteiger partial charge in [0.15, 0.2) is 23.0 Å². The van der Waals surface area contributed by atoms with Crippen LogP contribution in [0.4, 0.5) is 0 Å². The summed E-state index contributed by atoms with van der Waals surface area (Å²) in [6.45, 7) is 20.6. The first-order valence-electron chi connectivity index (χ1n) is 25.1. The molecule has 0 aliphatic carbocycles. The quantitative estimate of drug-likeness (QED) is 0.00590. The number of ether oxygens (including phenoxy) is 11. The van der Waals surface area contributed by atoms with Crippen molar-refractivity contribution in [2.45, 2.75) is 0 Å². The first-order chi connectivity index (χ1) is 40.0. The van der Waals surface area contributed by atoms with Gasteiger partial charge in [-0.05, 0) is 71.8 Å². The normalized spacial score (nSPS) is 10.7. The van der Waals surface area contributed by atoms with Gasteiger partial charge in [-0.1, -0.05) is 62.2 Å². The maximum atomic E-state index is 13.2. The molecule has 0 aliphatic heterocycles. The second kappa shape index (κ2) is 39.1. The van der Waals surface area contributed by atoms with Crippen molar-refractivity contribution in [1.29, 1.82) is 0 Å². The summed E-state index contributed by atoms with van der Waals surface area (Å²) in [6, 6.07) is 19.8. The van der Waals surface area contributed by atoms with E-state index in [1.165, 1.54) is 42.5 Å². The van der Waals surface area contributed by atoms with Gasteiger partial charge in [-0.25, -0.2) is 53.3 Å². The highest BCUT2D eigenvalue weighted by Crippen LogP contribution is 2.43. The van der Waals surface area contributed by atoms with Crippen LogP contribution >= 0.6 is 0 Å². The Labute approximate surface area is 474 Å². The number of hydrogen-bond donors (Lipinski definition) is 0. The molecular formula is C60H64O22. The van der Waals surface area contributed by atoms with Gasteiger partial charge in [0.1, 0.15) is 111 Å². The number of rotatable bonds is 43. The van der Waals surface area contributed by atoms with Crippen molar-refractivity contribution in [3.63, 3.8) is 0 Å². The minimum absolute atomic E-state index is 0.00902. The lowest BCUT2D eigenvalue weighted by Gasteiger charge is -2.19. The fourth-order valence-corrected chi connectivity index (χ4v) is 6.28. The number of hydrogen-bond acceptors (Lipinski definition) is 22. The molecule has 4 aromatic carbocycles. The molecule has 0 heterocycles. The number of esters is 5. The molecule has 82 heavy (non-hydrogen) atoms. The minimum atomic E-state index is -0.734. The molecule has 4 aromatic rings. The van der Waals surface area contributed by atoms with Gasteiger partial charge in [-0.2, -0.15) is 0 Å². The molecule has 0 aliphatic rings. The molecule has 0 fully saturated rings. The van der Waals surface area contributed by atoms with E-state index in [2.05, 4.69) is 39.5 Å². The highest BCUT2D eigenvalue weighted by molar-refractivity contribution is 5.91. The van der Waals surface area contributed by atoms with Crippen molar-refractivity contribution >= 4 is 42.0 Å². The summed E-state index contributed by atoms with van der Waals surface area (Å²) in [5, 5.41) is 0. The standard InChI is InChI=1S/C60H64O22/c1-7-29-75-78-41-38-67-51-26-18-46(57(71-36-34-69-53(62)11-5)60(51)74-40-43-80-77-31-9-3)19-27-55(64)81-48-21-13-44(14-22-48)45-15-23-49(24-16-45)82-56(65)28-20-47-17-25-50(66-32-33-68-52(61)10-4)59(73-37-35-70-54(63)12-6)58(47)72-39-42-79-76-30-8-2/h7-28H,1-6,29-43H2/b27-19+,28-20+. The van der Waals surface area contributed by atoms with Crippen molar-refractivity contribution in [2.75, 3.05) is 99.1 Å². The third-order valence-electron chi connectivity index (χ3n) is 9.78. The second-order valence-corrected chi connectivity index (χ2v) is 15.6. The zero-order valence-electron chi connectivity index (χ0n) is 45.0. The smallest absolute Gasteiger partial charge is 0.336 e. The Morgan fingerprint density at radius 3 is 0.988 bits per heavy atom. The zero-order chi connectivity index (χ0) is 59.0. The van der Waals surface area contributed by atoms with Crippen molar-refractivity contribution in [2.24, 2.45) is 0 Å². The van der Waals surface area contributed by atoms with E-state index in [9.17, 15) is 24.0 Å². The van der Waals surface area contributed by atoms with Gasteiger partial charge in [0.05, 0.1) is 0 Å². The molecule has 4 rings (SSSR count). The molecule has 0 amide bonds. The van der Waals surface area contributed by atoms with E-state index in [1.54, 1.807) is 72.8 Å². The van der Waals surface area contributed by atoms with Gasteiger partial charge in [-0.3, -0.25) is 0 Å². The lowest BCUT2D eigenvalue weighted by molar-refractivity contribution is -0.289. The van der Waals surface area contributed by atoms with Crippen molar-refractivity contribution in [3.8, 4) is 57.1 Å². The van der Waals surface area contributed by atoms with Crippen LogP contribution in [0.2, 0.25) is 0 Å². The van der Waals surface area contributed by atoms with Crippen LogP contribution < -0.4 is 37.9 Å². The Balaban J connectivity index is 1.47. The lowest BCUT2D eigenvalue weighted by Crippen LogP contribution is -2.15. The monoisotopic (exact) mass is 1140 g/mol. The molecule has 0 atom stereocenters. The molecule has 0 saturated heterocycles. The first-order valence-corrected chi connectivity index (χ1v) is 25.1. The summed E-state index contributed by atoms with van der Waals surface area (Å²) in [5.41, 5.74) is 2.24. The van der Waals surface area contributed by atoms with E-state index >= 15 is 0 Å². The van der Waals surface area contributed by atoms with Crippen LogP contribution in [0.1, 0.15) is 11.1 Å². The summed E-state index contributed by atoms with van der Waals surface area (Å²) < 4.78 is 62.3. The average molecular weight is 1140 g/mol. The van der Waals surface area contributed by atoms with Crippen molar-refractivity contribution in [3.05, 3.63) is 172 Å². The van der Waals surface area contributed by atoms with Crippen LogP contribution in [0.3, 0.4) is 0 Å². The molecule has 0 unspecified atom stereocenters. The Hall–Kier alpha value is -9.29. The van der Waals surface area contributed by atoms with E-state index in [4.69, 9.17) is 81.4 Å². The molecular weight excluding hydrogens is 1070 g/mol. The molecule has 0 aromatic heterocycles. The number of carbonyl (C=O) groups is 5. The molecule has 0 spiro atoms. The summed E-state index contributed by atoms with van der Waals surface area (Å²) in [5.74, 6) is -2.04. The summed E-state index contributed by atoms with van der Waals surface area (Å²) in [4.78, 5) is 91.6. The SMILES string of the molecule is C=CCOOCCOc1ccc(/C=C/C(=O)Oc2ccc(-c3ccc(OC(=O)/C=C/c4ccc(OCCOC(=O)C=C)c(OCCOC(=O)C=C)c4OCCOOCC=C)cc3)cc2)c(OCCOC(=O)C=C)c1OCCOOCC=C.